The lowest BCUT2D eigenvalue weighted by Crippen LogP contribution is -2.60. The topological polar surface area (TPSA) is 69.7 Å². The summed E-state index contributed by atoms with van der Waals surface area (Å²) in [5.41, 5.74) is 0. The average Bonchev–Trinajstić information content (AvgIpc) is 2.86. The second-order valence-electron chi connectivity index (χ2n) is 7.68. The molecule has 0 aromatic heterocycles. The summed E-state index contributed by atoms with van der Waals surface area (Å²) >= 11 is 0. The van der Waals surface area contributed by atoms with Gasteiger partial charge in [-0.25, -0.2) is 4.79 Å². The minimum atomic E-state index is -0.756. The van der Waals surface area contributed by atoms with E-state index in [1.807, 2.05) is 0 Å². The maximum absolute atomic E-state index is 12.7. The lowest BCUT2D eigenvalue weighted by Gasteiger charge is -2.39. The second-order valence-corrected chi connectivity index (χ2v) is 7.68. The van der Waals surface area contributed by atoms with E-state index in [0.717, 1.165) is 22.8 Å². The Hall–Kier alpha value is -1.43. The van der Waals surface area contributed by atoms with E-state index in [4.69, 9.17) is 0 Å². The monoisotopic (exact) mass is 323 g/mol. The highest BCUT2D eigenvalue weighted by molar-refractivity contribution is 6.16. The van der Waals surface area contributed by atoms with E-state index in [1.165, 1.54) is 14.1 Å². The number of imide groups is 2. The first-order chi connectivity index (χ1) is 10.7. The minimum absolute atomic E-state index is 0.0598. The van der Waals surface area contributed by atoms with E-state index >= 15 is 0 Å². The van der Waals surface area contributed by atoms with Gasteiger partial charge < -0.3 is 5.32 Å². The maximum Gasteiger partial charge on any atom is 0.332 e. The highest BCUT2D eigenvalue weighted by Gasteiger charge is 2.53. The van der Waals surface area contributed by atoms with Crippen molar-refractivity contribution in [1.82, 2.24) is 15.1 Å². The zero-order valence-electron chi connectivity index (χ0n) is 15.0. The van der Waals surface area contributed by atoms with Crippen LogP contribution in [0.15, 0.2) is 0 Å². The molecule has 0 saturated carbocycles. The normalized spacial score (nSPS) is 30.3. The second kappa shape index (κ2) is 6.59. The zero-order valence-corrected chi connectivity index (χ0v) is 15.0. The molecule has 2 aliphatic rings. The van der Waals surface area contributed by atoms with Crippen LogP contribution in [0.25, 0.3) is 0 Å². The molecule has 23 heavy (non-hydrogen) atoms. The number of barbiturate groups is 1. The van der Waals surface area contributed by atoms with Gasteiger partial charge in [0.2, 0.25) is 11.8 Å². The third-order valence-electron chi connectivity index (χ3n) is 5.31. The van der Waals surface area contributed by atoms with Crippen molar-refractivity contribution in [2.75, 3.05) is 20.6 Å². The van der Waals surface area contributed by atoms with Crippen molar-refractivity contribution in [3.63, 3.8) is 0 Å². The highest BCUT2D eigenvalue weighted by Crippen LogP contribution is 2.39. The molecule has 0 aromatic rings. The van der Waals surface area contributed by atoms with Crippen molar-refractivity contribution in [3.8, 4) is 0 Å². The van der Waals surface area contributed by atoms with Crippen LogP contribution in [0.3, 0.4) is 0 Å². The lowest BCUT2D eigenvalue weighted by molar-refractivity contribution is -0.151. The fourth-order valence-electron chi connectivity index (χ4n) is 4.03. The van der Waals surface area contributed by atoms with Crippen molar-refractivity contribution < 1.29 is 14.4 Å². The van der Waals surface area contributed by atoms with E-state index in [9.17, 15) is 14.4 Å². The average molecular weight is 323 g/mol. The number of nitrogens with zero attached hydrogens (tertiary/aromatic N) is 2. The molecular formula is C17H29N3O3. The summed E-state index contributed by atoms with van der Waals surface area (Å²) in [4.78, 5) is 39.6. The first-order valence-electron chi connectivity index (χ1n) is 8.49. The van der Waals surface area contributed by atoms with Crippen LogP contribution in [0.2, 0.25) is 0 Å². The molecule has 0 bridgehead atoms. The molecule has 0 spiro atoms. The number of carbonyl (C=O) groups excluding carboxylic acids is 3. The van der Waals surface area contributed by atoms with Gasteiger partial charge in [-0.1, -0.05) is 27.7 Å². The van der Waals surface area contributed by atoms with Crippen LogP contribution in [0.5, 0.6) is 0 Å². The Labute approximate surface area is 138 Å². The Balaban J connectivity index is 2.38. The Bertz CT molecular complexity index is 479. The fourth-order valence-corrected chi connectivity index (χ4v) is 4.03. The van der Waals surface area contributed by atoms with Crippen LogP contribution >= 0.6 is 0 Å². The summed E-state index contributed by atoms with van der Waals surface area (Å²) in [6, 6.07) is -0.404. The van der Waals surface area contributed by atoms with Crippen molar-refractivity contribution >= 4 is 17.8 Å². The predicted octanol–water partition coefficient (Wildman–Crippen LogP) is 1.56. The molecule has 4 amide bonds. The zero-order chi connectivity index (χ0) is 17.5. The van der Waals surface area contributed by atoms with Crippen LogP contribution in [-0.4, -0.2) is 54.3 Å². The van der Waals surface area contributed by atoms with Crippen LogP contribution < -0.4 is 5.32 Å². The highest BCUT2D eigenvalue weighted by atomic mass is 16.2. The molecule has 1 N–H and O–H groups in total. The standard InChI is InChI=1S/C17H29N3O3/c1-9(2)7-12-13(11(8-18-12)10(3)4)14-15(21)19(5)17(23)20(6)16(14)22/h9-14,18H,7-8H2,1-6H3. The molecule has 3 atom stereocenters. The van der Waals surface area contributed by atoms with E-state index in [2.05, 4.69) is 33.0 Å². The van der Waals surface area contributed by atoms with Crippen molar-refractivity contribution in [2.24, 2.45) is 29.6 Å². The molecule has 6 heteroatoms. The van der Waals surface area contributed by atoms with Gasteiger partial charge in [-0.05, 0) is 36.6 Å². The maximum atomic E-state index is 12.7. The molecule has 2 rings (SSSR count). The summed E-state index contributed by atoms with van der Waals surface area (Å²) < 4.78 is 0. The van der Waals surface area contributed by atoms with E-state index < -0.39 is 11.9 Å². The first-order valence-corrected chi connectivity index (χ1v) is 8.49. The molecule has 2 saturated heterocycles. The predicted molar refractivity (Wildman–Crippen MR) is 87.5 cm³/mol. The number of amides is 4. The van der Waals surface area contributed by atoms with Crippen LogP contribution in [0, 0.1) is 29.6 Å². The smallest absolute Gasteiger partial charge is 0.313 e. The number of nitrogens with one attached hydrogen (secondary N) is 1. The number of urea groups is 1. The van der Waals surface area contributed by atoms with Gasteiger partial charge in [0.25, 0.3) is 0 Å². The summed E-state index contributed by atoms with van der Waals surface area (Å²) in [6.07, 6.45) is 0.923. The number of rotatable bonds is 4. The molecule has 3 unspecified atom stereocenters. The molecule has 130 valence electrons. The van der Waals surface area contributed by atoms with Crippen molar-refractivity contribution in [2.45, 2.75) is 40.2 Å². The minimum Gasteiger partial charge on any atom is -0.313 e. The Morgan fingerprint density at radius 1 is 1.04 bits per heavy atom. The Kier molecular flexibility index (Phi) is 5.14. The van der Waals surface area contributed by atoms with Gasteiger partial charge in [-0.3, -0.25) is 19.4 Å². The van der Waals surface area contributed by atoms with Gasteiger partial charge in [0.05, 0.1) is 0 Å². The molecule has 2 heterocycles. The molecular weight excluding hydrogens is 294 g/mol. The fraction of sp³-hybridized carbons (Fsp3) is 0.824. The third kappa shape index (κ3) is 3.13. The van der Waals surface area contributed by atoms with Crippen LogP contribution in [0.4, 0.5) is 4.79 Å². The van der Waals surface area contributed by atoms with Crippen LogP contribution in [-0.2, 0) is 9.59 Å². The quantitative estimate of drug-likeness (QED) is 0.797. The molecule has 0 aliphatic carbocycles. The lowest BCUT2D eigenvalue weighted by atomic mass is 9.72. The Morgan fingerprint density at radius 2 is 1.57 bits per heavy atom. The molecule has 0 radical (unpaired) electrons. The summed E-state index contributed by atoms with van der Waals surface area (Å²) in [6.45, 7) is 9.38. The van der Waals surface area contributed by atoms with E-state index in [0.29, 0.717) is 11.8 Å². The summed E-state index contributed by atoms with van der Waals surface area (Å²) in [5, 5.41) is 3.52. The van der Waals surface area contributed by atoms with Crippen molar-refractivity contribution in [3.05, 3.63) is 0 Å². The third-order valence-corrected chi connectivity index (χ3v) is 5.31. The Morgan fingerprint density at radius 3 is 2.00 bits per heavy atom. The van der Waals surface area contributed by atoms with E-state index in [1.54, 1.807) is 0 Å². The first kappa shape index (κ1) is 17.9. The summed E-state index contributed by atoms with van der Waals surface area (Å²) in [5.74, 6) is -0.418. The van der Waals surface area contributed by atoms with Gasteiger partial charge in [0, 0.05) is 20.1 Å². The summed E-state index contributed by atoms with van der Waals surface area (Å²) in [7, 11) is 2.93. The largest absolute Gasteiger partial charge is 0.332 e. The van der Waals surface area contributed by atoms with Gasteiger partial charge in [0.1, 0.15) is 5.92 Å². The molecule has 2 aliphatic heterocycles. The van der Waals surface area contributed by atoms with Crippen LogP contribution in [0.1, 0.15) is 34.1 Å². The van der Waals surface area contributed by atoms with Crippen molar-refractivity contribution in [1.29, 1.82) is 0 Å². The van der Waals surface area contributed by atoms with Gasteiger partial charge in [-0.2, -0.15) is 0 Å². The molecule has 0 aromatic carbocycles. The number of hydrogen-bond donors (Lipinski definition) is 1. The number of carbonyl (C=O) groups is 3. The van der Waals surface area contributed by atoms with Gasteiger partial charge in [0.15, 0.2) is 0 Å². The molecule has 2 fully saturated rings. The molecule has 6 nitrogen and oxygen atoms in total. The number of hydrogen-bond acceptors (Lipinski definition) is 4. The SMILES string of the molecule is CC(C)CC1NCC(C(C)C)C1C1C(=O)N(C)C(=O)N(C)C1=O. The van der Waals surface area contributed by atoms with Gasteiger partial charge >= 0.3 is 6.03 Å². The van der Waals surface area contributed by atoms with Gasteiger partial charge in [-0.15, -0.1) is 0 Å². The van der Waals surface area contributed by atoms with E-state index in [-0.39, 0.29) is 29.7 Å².